The third kappa shape index (κ3) is 10.6. The summed E-state index contributed by atoms with van der Waals surface area (Å²) in [5.74, 6) is -2.68. The van der Waals surface area contributed by atoms with Gasteiger partial charge in [0.2, 0.25) is 17.7 Å². The highest BCUT2D eigenvalue weighted by Gasteiger charge is 2.46. The van der Waals surface area contributed by atoms with Gasteiger partial charge in [-0.1, -0.05) is 50.2 Å². The minimum atomic E-state index is -1.35. The summed E-state index contributed by atoms with van der Waals surface area (Å²) in [5, 5.41) is 8.56. The molecule has 0 fully saturated rings. The Bertz CT molecular complexity index is 1470. The summed E-state index contributed by atoms with van der Waals surface area (Å²) in [4.78, 5) is 70.0. The van der Waals surface area contributed by atoms with Crippen molar-refractivity contribution in [1.29, 1.82) is 0 Å². The lowest BCUT2D eigenvalue weighted by Gasteiger charge is -2.41. The third-order valence-electron chi connectivity index (χ3n) is 7.80. The van der Waals surface area contributed by atoms with E-state index in [0.29, 0.717) is 24.1 Å². The van der Waals surface area contributed by atoms with Gasteiger partial charge < -0.3 is 30.3 Å². The molecule has 3 N–H and O–H groups in total. The van der Waals surface area contributed by atoms with Crippen LogP contribution in [-0.4, -0.2) is 65.0 Å². The van der Waals surface area contributed by atoms with E-state index in [2.05, 4.69) is 16.0 Å². The van der Waals surface area contributed by atoms with Crippen molar-refractivity contribution in [3.05, 3.63) is 65.2 Å². The minimum absolute atomic E-state index is 0.0885. The van der Waals surface area contributed by atoms with E-state index in [4.69, 9.17) is 9.47 Å². The van der Waals surface area contributed by atoms with Crippen LogP contribution in [0.25, 0.3) is 0 Å². The number of nitrogens with one attached hydrogen (secondary N) is 3. The monoisotopic (exact) mass is 664 g/mol. The maximum Gasteiger partial charge on any atom is 0.408 e. The Morgan fingerprint density at radius 3 is 2.02 bits per heavy atom. The fourth-order valence-electron chi connectivity index (χ4n) is 6.04. The topological polar surface area (TPSA) is 143 Å². The predicted octanol–water partition coefficient (Wildman–Crippen LogP) is 5.33. The summed E-state index contributed by atoms with van der Waals surface area (Å²) in [6, 6.07) is 10.7. The fourth-order valence-corrected chi connectivity index (χ4v) is 6.04. The first-order valence-electron chi connectivity index (χ1n) is 16.5. The molecule has 1 aliphatic carbocycles. The zero-order valence-corrected chi connectivity index (χ0v) is 29.9. The van der Waals surface area contributed by atoms with E-state index < -0.39 is 59.1 Å². The van der Waals surface area contributed by atoms with Crippen molar-refractivity contribution in [3.8, 4) is 0 Å². The van der Waals surface area contributed by atoms with E-state index in [0.717, 1.165) is 11.1 Å². The van der Waals surface area contributed by atoms with Crippen LogP contribution in [0, 0.1) is 11.8 Å². The number of hydrogen-bond acceptors (Lipinski definition) is 7. The number of hydrogen-bond donors (Lipinski definition) is 3. The summed E-state index contributed by atoms with van der Waals surface area (Å²) in [7, 11) is 1.24. The number of ether oxygens (including phenoxy) is 2. The molecule has 0 bridgehead atoms. The van der Waals surface area contributed by atoms with E-state index in [9.17, 15) is 19.2 Å². The minimum Gasteiger partial charge on any atom is -0.467 e. The molecular formula is C37H52N4O7. The summed E-state index contributed by atoms with van der Waals surface area (Å²) in [6.45, 7) is 15.8. The molecular weight excluding hydrogens is 612 g/mol. The van der Waals surface area contributed by atoms with Crippen LogP contribution in [0.15, 0.2) is 48.5 Å². The van der Waals surface area contributed by atoms with E-state index in [1.807, 2.05) is 58.9 Å². The van der Waals surface area contributed by atoms with E-state index in [1.54, 1.807) is 45.0 Å². The molecule has 2 aromatic carbocycles. The van der Waals surface area contributed by atoms with Crippen molar-refractivity contribution < 1.29 is 33.4 Å². The summed E-state index contributed by atoms with van der Waals surface area (Å²) in [6.07, 6.45) is 0.353. The van der Waals surface area contributed by atoms with Gasteiger partial charge in [-0.3, -0.25) is 14.4 Å². The average Bonchev–Trinajstić information content (AvgIpc) is 3.38. The molecule has 262 valence electrons. The molecule has 11 nitrogen and oxygen atoms in total. The van der Waals surface area contributed by atoms with Gasteiger partial charge in [0.25, 0.3) is 0 Å². The van der Waals surface area contributed by atoms with Crippen LogP contribution < -0.4 is 16.0 Å². The Morgan fingerprint density at radius 1 is 0.917 bits per heavy atom. The molecule has 1 aliphatic rings. The molecule has 3 atom stereocenters. The highest BCUT2D eigenvalue weighted by molar-refractivity contribution is 5.96. The van der Waals surface area contributed by atoms with E-state index in [-0.39, 0.29) is 18.2 Å². The first-order chi connectivity index (χ1) is 22.3. The lowest BCUT2D eigenvalue weighted by atomic mass is 9.91. The summed E-state index contributed by atoms with van der Waals surface area (Å²) in [5.41, 5.74) is 1.32. The largest absolute Gasteiger partial charge is 0.467 e. The second-order valence-corrected chi connectivity index (χ2v) is 14.9. The van der Waals surface area contributed by atoms with Gasteiger partial charge in [0.1, 0.15) is 23.7 Å². The smallest absolute Gasteiger partial charge is 0.408 e. The van der Waals surface area contributed by atoms with Crippen LogP contribution in [0.5, 0.6) is 0 Å². The summed E-state index contributed by atoms with van der Waals surface area (Å²) >= 11 is 0. The molecule has 0 radical (unpaired) electrons. The molecule has 4 amide bonds. The van der Waals surface area contributed by atoms with Crippen molar-refractivity contribution in [3.63, 3.8) is 0 Å². The molecule has 0 saturated carbocycles. The maximum absolute atomic E-state index is 15.3. The zero-order valence-electron chi connectivity index (χ0n) is 29.9. The first kappa shape index (κ1) is 38.0. The van der Waals surface area contributed by atoms with Crippen LogP contribution in [0.4, 0.5) is 10.5 Å². The Morgan fingerprint density at radius 2 is 1.52 bits per heavy atom. The van der Waals surface area contributed by atoms with E-state index >= 15 is 4.79 Å². The number of esters is 1. The molecule has 2 aromatic rings. The Kier molecular flexibility index (Phi) is 12.4. The van der Waals surface area contributed by atoms with Crippen molar-refractivity contribution >= 4 is 35.5 Å². The van der Waals surface area contributed by atoms with Crippen molar-refractivity contribution in [2.24, 2.45) is 11.8 Å². The van der Waals surface area contributed by atoms with Crippen LogP contribution in [0.2, 0.25) is 0 Å². The number of methoxy groups -OCH3 is 1. The Balaban J connectivity index is 2.29. The number of alkyl carbamates (subject to hydrolysis) is 1. The molecule has 1 unspecified atom stereocenters. The second kappa shape index (κ2) is 15.7. The molecule has 0 aliphatic heterocycles. The van der Waals surface area contributed by atoms with Crippen molar-refractivity contribution in [2.75, 3.05) is 12.4 Å². The number of carbonyl (C=O) groups is 5. The average molecular weight is 665 g/mol. The lowest BCUT2D eigenvalue weighted by Crippen LogP contribution is -2.61. The lowest BCUT2D eigenvalue weighted by molar-refractivity contribution is -0.159. The SMILES string of the molecule is COC(=O)[C@@H](CC(C)C)N(C(=O)[C@H](NC(=O)OC(C)(C)C)C1Cc2ccccc2C1)C(C(=O)NC(C)(C)C)c1cccc(NC(C)=O)c1. The molecule has 0 saturated heterocycles. The predicted molar refractivity (Wildman–Crippen MR) is 184 cm³/mol. The number of benzene rings is 2. The van der Waals surface area contributed by atoms with Gasteiger partial charge >= 0.3 is 12.1 Å². The standard InChI is InChI=1S/C37H52N4O7/c1-22(2)18-29(34(45)47-10)41(31(32(43)40-36(4,5)6)26-16-13-17-28(21-26)38-23(3)42)33(44)30(39-35(46)48-37(7,8)9)27-19-24-14-11-12-15-25(24)20-27/h11-17,21-22,27,29-31H,18-20H2,1-10H3,(H,38,42)(H,39,46)(H,40,43)/t29-,30-,31?/m1/s1. The number of nitrogens with zero attached hydrogens (tertiary/aromatic N) is 1. The van der Waals surface area contributed by atoms with Gasteiger partial charge in [0.15, 0.2) is 0 Å². The zero-order chi connectivity index (χ0) is 36.0. The van der Waals surface area contributed by atoms with Gasteiger partial charge in [-0.25, -0.2) is 9.59 Å². The number of anilines is 1. The van der Waals surface area contributed by atoms with Gasteiger partial charge in [-0.15, -0.1) is 0 Å². The van der Waals surface area contributed by atoms with Crippen molar-refractivity contribution in [1.82, 2.24) is 15.5 Å². The molecule has 48 heavy (non-hydrogen) atoms. The molecule has 11 heteroatoms. The van der Waals surface area contributed by atoms with Gasteiger partial charge in [0.05, 0.1) is 7.11 Å². The van der Waals surface area contributed by atoms with Crippen LogP contribution >= 0.6 is 0 Å². The van der Waals surface area contributed by atoms with Gasteiger partial charge in [-0.05, 0) is 101 Å². The summed E-state index contributed by atoms with van der Waals surface area (Å²) < 4.78 is 10.9. The van der Waals surface area contributed by atoms with Gasteiger partial charge in [0, 0.05) is 18.2 Å². The maximum atomic E-state index is 15.3. The van der Waals surface area contributed by atoms with Gasteiger partial charge in [-0.2, -0.15) is 0 Å². The third-order valence-corrected chi connectivity index (χ3v) is 7.80. The number of rotatable bonds is 11. The van der Waals surface area contributed by atoms with Crippen LogP contribution in [-0.2, 0) is 41.5 Å². The number of fused-ring (bicyclic) bond motifs is 1. The molecule has 0 spiro atoms. The highest BCUT2D eigenvalue weighted by atomic mass is 16.6. The first-order valence-corrected chi connectivity index (χ1v) is 16.5. The fraction of sp³-hybridized carbons (Fsp3) is 0.541. The molecule has 3 rings (SSSR count). The highest BCUT2D eigenvalue weighted by Crippen LogP contribution is 2.34. The second-order valence-electron chi connectivity index (χ2n) is 14.9. The molecule has 0 aromatic heterocycles. The number of carbonyl (C=O) groups excluding carboxylic acids is 5. The molecule has 0 heterocycles. The normalized spacial score (nSPS) is 15.1. The van der Waals surface area contributed by atoms with Crippen molar-refractivity contribution in [2.45, 2.75) is 111 Å². The van der Waals surface area contributed by atoms with Crippen LogP contribution in [0.1, 0.15) is 91.5 Å². The number of amides is 4. The Labute approximate surface area is 284 Å². The van der Waals surface area contributed by atoms with Crippen LogP contribution in [0.3, 0.4) is 0 Å². The Hall–Kier alpha value is -4.41. The van der Waals surface area contributed by atoms with E-state index in [1.165, 1.54) is 18.9 Å². The quantitative estimate of drug-likeness (QED) is 0.276.